The van der Waals surface area contributed by atoms with Gasteiger partial charge in [0.25, 0.3) is 0 Å². The molecular weight excluding hydrogens is 124 g/mol. The van der Waals surface area contributed by atoms with Gasteiger partial charge in [0.05, 0.1) is 0 Å². The summed E-state index contributed by atoms with van der Waals surface area (Å²) in [6.07, 6.45) is 2.10. The van der Waals surface area contributed by atoms with Gasteiger partial charge < -0.3 is 0 Å². The van der Waals surface area contributed by atoms with Crippen molar-refractivity contribution in [1.82, 2.24) is 0 Å². The molecule has 0 aromatic rings. The predicted octanol–water partition coefficient (Wildman–Crippen LogP) is 2.65. The van der Waals surface area contributed by atoms with Crippen LogP contribution < -0.4 is 0 Å². The van der Waals surface area contributed by atoms with Crippen molar-refractivity contribution >= 4 is 5.78 Å². The summed E-state index contributed by atoms with van der Waals surface area (Å²) in [7, 11) is 0. The lowest BCUT2D eigenvalue weighted by Crippen LogP contribution is -2.17. The van der Waals surface area contributed by atoms with Gasteiger partial charge in [0.15, 0.2) is 0 Å². The summed E-state index contributed by atoms with van der Waals surface area (Å²) in [4.78, 5) is 11.0. The zero-order chi connectivity index (χ0) is 8.15. The molecule has 0 radical (unpaired) electrons. The van der Waals surface area contributed by atoms with Crippen LogP contribution in [-0.4, -0.2) is 5.78 Å². The van der Waals surface area contributed by atoms with E-state index in [1.165, 1.54) is 0 Å². The molecule has 0 fully saturated rings. The molecule has 0 aliphatic carbocycles. The number of rotatable bonds is 4. The Hall–Kier alpha value is -0.330. The molecule has 1 unspecified atom stereocenters. The van der Waals surface area contributed by atoms with Crippen LogP contribution >= 0.6 is 0 Å². The van der Waals surface area contributed by atoms with E-state index >= 15 is 0 Å². The first-order valence-corrected chi connectivity index (χ1v) is 4.13. The standard InChI is InChI=1S/C9H18O/c1-5-7(3)9(6-2)8(4)10/h7,9H,5-6H2,1-4H3/t7-,9?/m1/s1. The Morgan fingerprint density at radius 3 is 1.90 bits per heavy atom. The van der Waals surface area contributed by atoms with Gasteiger partial charge in [-0.25, -0.2) is 0 Å². The molecule has 0 aliphatic rings. The second-order valence-electron chi connectivity index (χ2n) is 3.01. The summed E-state index contributed by atoms with van der Waals surface area (Å²) >= 11 is 0. The van der Waals surface area contributed by atoms with Crippen molar-refractivity contribution < 1.29 is 4.79 Å². The van der Waals surface area contributed by atoms with E-state index in [2.05, 4.69) is 20.8 Å². The molecule has 2 atom stereocenters. The number of carbonyl (C=O) groups excluding carboxylic acids is 1. The minimum absolute atomic E-state index is 0.296. The molecule has 0 aliphatic heterocycles. The monoisotopic (exact) mass is 142 g/mol. The normalized spacial score (nSPS) is 16.4. The summed E-state index contributed by atoms with van der Waals surface area (Å²) in [5, 5.41) is 0. The summed E-state index contributed by atoms with van der Waals surface area (Å²) in [6.45, 7) is 8.06. The maximum atomic E-state index is 11.0. The van der Waals surface area contributed by atoms with Crippen molar-refractivity contribution in [3.63, 3.8) is 0 Å². The van der Waals surface area contributed by atoms with E-state index in [1.54, 1.807) is 6.92 Å². The third-order valence-electron chi connectivity index (χ3n) is 2.29. The first-order valence-electron chi connectivity index (χ1n) is 4.13. The van der Waals surface area contributed by atoms with Crippen molar-refractivity contribution in [3.8, 4) is 0 Å². The van der Waals surface area contributed by atoms with Gasteiger partial charge in [0.1, 0.15) is 5.78 Å². The largest absolute Gasteiger partial charge is 0.300 e. The van der Waals surface area contributed by atoms with E-state index in [0.717, 1.165) is 12.8 Å². The highest BCUT2D eigenvalue weighted by Gasteiger charge is 2.17. The van der Waals surface area contributed by atoms with Gasteiger partial charge in [-0.3, -0.25) is 4.79 Å². The third kappa shape index (κ3) is 2.51. The molecule has 0 aromatic carbocycles. The van der Waals surface area contributed by atoms with E-state index in [4.69, 9.17) is 0 Å². The molecule has 0 heterocycles. The van der Waals surface area contributed by atoms with Crippen molar-refractivity contribution in [2.24, 2.45) is 11.8 Å². The molecule has 0 N–H and O–H groups in total. The van der Waals surface area contributed by atoms with E-state index in [1.807, 2.05) is 0 Å². The van der Waals surface area contributed by atoms with Crippen LogP contribution in [0.1, 0.15) is 40.5 Å². The summed E-state index contributed by atoms with van der Waals surface area (Å²) < 4.78 is 0. The summed E-state index contributed by atoms with van der Waals surface area (Å²) in [6, 6.07) is 0. The fourth-order valence-corrected chi connectivity index (χ4v) is 1.38. The second-order valence-corrected chi connectivity index (χ2v) is 3.01. The van der Waals surface area contributed by atoms with Crippen LogP contribution in [0.15, 0.2) is 0 Å². The average Bonchev–Trinajstić information content (AvgIpc) is 1.88. The maximum Gasteiger partial charge on any atom is 0.133 e. The first-order chi connectivity index (χ1) is 4.63. The van der Waals surface area contributed by atoms with Crippen LogP contribution in [0, 0.1) is 11.8 Å². The van der Waals surface area contributed by atoms with Crippen LogP contribution in [-0.2, 0) is 4.79 Å². The van der Waals surface area contributed by atoms with Crippen molar-refractivity contribution in [2.45, 2.75) is 40.5 Å². The average molecular weight is 142 g/mol. The van der Waals surface area contributed by atoms with Gasteiger partial charge in [0.2, 0.25) is 0 Å². The van der Waals surface area contributed by atoms with Gasteiger partial charge >= 0.3 is 0 Å². The Morgan fingerprint density at radius 2 is 1.80 bits per heavy atom. The number of Topliss-reactive ketones (excluding diaryl/α,β-unsaturated/α-hetero) is 1. The molecule has 1 heteroatoms. The quantitative estimate of drug-likeness (QED) is 0.589. The van der Waals surface area contributed by atoms with Crippen LogP contribution in [0.2, 0.25) is 0 Å². The highest BCUT2D eigenvalue weighted by Crippen LogP contribution is 2.18. The Balaban J connectivity index is 3.92. The molecule has 0 rings (SSSR count). The minimum Gasteiger partial charge on any atom is -0.300 e. The van der Waals surface area contributed by atoms with Crippen LogP contribution in [0.5, 0.6) is 0 Å². The van der Waals surface area contributed by atoms with Crippen molar-refractivity contribution in [2.75, 3.05) is 0 Å². The topological polar surface area (TPSA) is 17.1 Å². The van der Waals surface area contributed by atoms with E-state index in [9.17, 15) is 4.79 Å². The number of ketones is 1. The first kappa shape index (κ1) is 9.67. The summed E-state index contributed by atoms with van der Waals surface area (Å²) in [5.41, 5.74) is 0. The fourth-order valence-electron chi connectivity index (χ4n) is 1.38. The molecule has 10 heavy (non-hydrogen) atoms. The zero-order valence-corrected chi connectivity index (χ0v) is 7.48. The minimum atomic E-state index is 0.296. The Kier molecular flexibility index (Phi) is 4.33. The second kappa shape index (κ2) is 4.48. The molecule has 0 saturated heterocycles. The van der Waals surface area contributed by atoms with Gasteiger partial charge in [-0.15, -0.1) is 0 Å². The van der Waals surface area contributed by atoms with Crippen molar-refractivity contribution in [1.29, 1.82) is 0 Å². The highest BCUT2D eigenvalue weighted by atomic mass is 16.1. The Labute approximate surface area is 63.8 Å². The Bertz CT molecular complexity index is 107. The van der Waals surface area contributed by atoms with Gasteiger partial charge in [-0.05, 0) is 19.3 Å². The van der Waals surface area contributed by atoms with Gasteiger partial charge in [-0.2, -0.15) is 0 Å². The number of hydrogen-bond acceptors (Lipinski definition) is 1. The molecule has 0 spiro atoms. The van der Waals surface area contributed by atoms with Crippen LogP contribution in [0.4, 0.5) is 0 Å². The smallest absolute Gasteiger partial charge is 0.133 e. The van der Waals surface area contributed by atoms with Crippen LogP contribution in [0.25, 0.3) is 0 Å². The molecular formula is C9H18O. The van der Waals surface area contributed by atoms with E-state index in [-0.39, 0.29) is 0 Å². The predicted molar refractivity (Wildman–Crippen MR) is 43.9 cm³/mol. The molecule has 0 amide bonds. The van der Waals surface area contributed by atoms with E-state index < -0.39 is 0 Å². The molecule has 1 nitrogen and oxygen atoms in total. The van der Waals surface area contributed by atoms with Gasteiger partial charge in [0, 0.05) is 5.92 Å². The molecule has 60 valence electrons. The summed E-state index contributed by atoms with van der Waals surface area (Å²) in [5.74, 6) is 1.20. The lowest BCUT2D eigenvalue weighted by atomic mass is 9.87. The number of carbonyl (C=O) groups is 1. The number of hydrogen-bond donors (Lipinski definition) is 0. The molecule has 0 saturated carbocycles. The molecule has 0 bridgehead atoms. The molecule has 0 aromatic heterocycles. The van der Waals surface area contributed by atoms with Crippen molar-refractivity contribution in [3.05, 3.63) is 0 Å². The Morgan fingerprint density at radius 1 is 1.30 bits per heavy atom. The third-order valence-corrected chi connectivity index (χ3v) is 2.29. The van der Waals surface area contributed by atoms with Crippen LogP contribution in [0.3, 0.4) is 0 Å². The van der Waals surface area contributed by atoms with E-state index in [0.29, 0.717) is 17.6 Å². The lowest BCUT2D eigenvalue weighted by Gasteiger charge is -2.17. The SMILES string of the molecule is CCC(C(C)=O)[C@H](C)CC. The lowest BCUT2D eigenvalue weighted by molar-refractivity contribution is -0.122. The fraction of sp³-hybridized carbons (Fsp3) is 0.889. The zero-order valence-electron chi connectivity index (χ0n) is 7.48. The highest BCUT2D eigenvalue weighted by molar-refractivity contribution is 5.78. The maximum absolute atomic E-state index is 11.0. The van der Waals surface area contributed by atoms with Gasteiger partial charge in [-0.1, -0.05) is 27.2 Å².